The van der Waals surface area contributed by atoms with Crippen molar-refractivity contribution in [1.82, 2.24) is 10.3 Å². The monoisotopic (exact) mass is 264 g/mol. The first-order valence-electron chi connectivity index (χ1n) is 6.48. The molecule has 5 nitrogen and oxygen atoms in total. The normalized spacial score (nSPS) is 16.8. The van der Waals surface area contributed by atoms with Crippen LogP contribution >= 0.6 is 0 Å². The summed E-state index contributed by atoms with van der Waals surface area (Å²) >= 11 is 0. The summed E-state index contributed by atoms with van der Waals surface area (Å²) in [7, 11) is 0. The van der Waals surface area contributed by atoms with Gasteiger partial charge in [0.2, 0.25) is 11.8 Å². The van der Waals surface area contributed by atoms with Gasteiger partial charge < -0.3 is 14.8 Å². The first-order valence-corrected chi connectivity index (χ1v) is 6.48. The van der Waals surface area contributed by atoms with Crippen molar-refractivity contribution in [3.05, 3.63) is 23.9 Å². The number of aromatic nitrogens is 1. The van der Waals surface area contributed by atoms with E-state index in [1.807, 2.05) is 32.9 Å². The minimum absolute atomic E-state index is 0.0121. The van der Waals surface area contributed by atoms with Crippen LogP contribution in [0.3, 0.4) is 0 Å². The summed E-state index contributed by atoms with van der Waals surface area (Å²) < 4.78 is 10.7. The number of carbonyl (C=O) groups excluding carboxylic acids is 1. The molecule has 1 fully saturated rings. The molecule has 1 aliphatic rings. The van der Waals surface area contributed by atoms with Crippen LogP contribution < -0.4 is 10.1 Å². The van der Waals surface area contributed by atoms with E-state index >= 15 is 0 Å². The van der Waals surface area contributed by atoms with Crippen molar-refractivity contribution in [2.45, 2.75) is 33.4 Å². The number of ether oxygens (including phenoxy) is 2. The summed E-state index contributed by atoms with van der Waals surface area (Å²) in [5.74, 6) is 0.589. The molecule has 0 radical (unpaired) electrons. The number of nitrogens with one attached hydrogen (secondary N) is 1. The minimum Gasteiger partial charge on any atom is -0.475 e. The number of rotatable bonds is 5. The minimum atomic E-state index is -0.388. The summed E-state index contributed by atoms with van der Waals surface area (Å²) in [4.78, 5) is 16.2. The number of amides is 1. The molecule has 0 unspecified atom stereocenters. The van der Waals surface area contributed by atoms with Crippen LogP contribution in [0.5, 0.6) is 5.88 Å². The van der Waals surface area contributed by atoms with Gasteiger partial charge in [0.1, 0.15) is 0 Å². The van der Waals surface area contributed by atoms with Crippen molar-refractivity contribution in [1.29, 1.82) is 0 Å². The molecule has 1 aromatic rings. The molecule has 19 heavy (non-hydrogen) atoms. The molecule has 0 aliphatic carbocycles. The lowest BCUT2D eigenvalue weighted by molar-refractivity contribution is -0.157. The molecule has 0 spiro atoms. The highest BCUT2D eigenvalue weighted by Crippen LogP contribution is 2.26. The third-order valence-corrected chi connectivity index (χ3v) is 3.03. The second-order valence-corrected chi connectivity index (χ2v) is 5.37. The third-order valence-electron chi connectivity index (χ3n) is 3.03. The number of carbonyl (C=O) groups is 1. The maximum absolute atomic E-state index is 12.0. The fraction of sp³-hybridized carbons (Fsp3) is 0.571. The zero-order valence-corrected chi connectivity index (χ0v) is 11.6. The molecule has 104 valence electrons. The fourth-order valence-electron chi connectivity index (χ4n) is 1.82. The van der Waals surface area contributed by atoms with Crippen LogP contribution in [0.4, 0.5) is 0 Å². The van der Waals surface area contributed by atoms with Crippen molar-refractivity contribution in [2.75, 3.05) is 13.2 Å². The van der Waals surface area contributed by atoms with Gasteiger partial charge >= 0.3 is 0 Å². The molecule has 0 aromatic carbocycles. The van der Waals surface area contributed by atoms with Crippen LogP contribution in [-0.4, -0.2) is 30.2 Å². The van der Waals surface area contributed by atoms with E-state index in [0.29, 0.717) is 25.6 Å². The predicted octanol–water partition coefficient (Wildman–Crippen LogP) is 1.52. The summed E-state index contributed by atoms with van der Waals surface area (Å²) in [6.07, 6.45) is 1.74. The Kier molecular flexibility index (Phi) is 4.04. The average Bonchev–Trinajstić information content (AvgIpc) is 2.34. The number of hydrogen-bond acceptors (Lipinski definition) is 4. The number of pyridine rings is 1. The van der Waals surface area contributed by atoms with Gasteiger partial charge in [-0.15, -0.1) is 0 Å². The quantitative estimate of drug-likeness (QED) is 0.876. The van der Waals surface area contributed by atoms with Gasteiger partial charge in [-0.3, -0.25) is 4.79 Å². The Hall–Kier alpha value is -1.62. The SMILES string of the molecule is CC(C)Oc1ncccc1CNC(=O)C1(C)COC1. The lowest BCUT2D eigenvalue weighted by Gasteiger charge is -2.36. The largest absolute Gasteiger partial charge is 0.475 e. The average molecular weight is 264 g/mol. The van der Waals surface area contributed by atoms with Gasteiger partial charge in [-0.05, 0) is 26.8 Å². The van der Waals surface area contributed by atoms with E-state index in [4.69, 9.17) is 9.47 Å². The highest BCUT2D eigenvalue weighted by molar-refractivity contribution is 5.83. The number of nitrogens with zero attached hydrogens (tertiary/aromatic N) is 1. The second-order valence-electron chi connectivity index (χ2n) is 5.37. The van der Waals surface area contributed by atoms with Gasteiger partial charge in [0.25, 0.3) is 0 Å². The van der Waals surface area contributed by atoms with Crippen molar-refractivity contribution in [3.63, 3.8) is 0 Å². The summed E-state index contributed by atoms with van der Waals surface area (Å²) in [5, 5.41) is 2.92. The zero-order valence-electron chi connectivity index (χ0n) is 11.6. The molecule has 2 rings (SSSR count). The van der Waals surface area contributed by atoms with E-state index in [9.17, 15) is 4.79 Å². The maximum Gasteiger partial charge on any atom is 0.230 e. The molecule has 1 aliphatic heterocycles. The summed E-state index contributed by atoms with van der Waals surface area (Å²) in [6, 6.07) is 3.74. The molecule has 5 heteroatoms. The topological polar surface area (TPSA) is 60.5 Å². The van der Waals surface area contributed by atoms with Crippen molar-refractivity contribution >= 4 is 5.91 Å². The van der Waals surface area contributed by atoms with Gasteiger partial charge in [-0.25, -0.2) is 4.98 Å². The summed E-state index contributed by atoms with van der Waals surface area (Å²) in [6.45, 7) is 7.20. The Morgan fingerprint density at radius 1 is 1.58 bits per heavy atom. The van der Waals surface area contributed by atoms with Crippen LogP contribution in [-0.2, 0) is 16.1 Å². The lowest BCUT2D eigenvalue weighted by Crippen LogP contribution is -2.51. The van der Waals surface area contributed by atoms with Gasteiger partial charge in [-0.1, -0.05) is 6.07 Å². The maximum atomic E-state index is 12.0. The zero-order chi connectivity index (χ0) is 13.9. The molecular weight excluding hydrogens is 244 g/mol. The molecule has 1 N–H and O–H groups in total. The lowest BCUT2D eigenvalue weighted by atomic mass is 9.87. The highest BCUT2D eigenvalue weighted by Gasteiger charge is 2.40. The van der Waals surface area contributed by atoms with Crippen molar-refractivity contribution in [3.8, 4) is 5.88 Å². The van der Waals surface area contributed by atoms with Crippen LogP contribution in [0.25, 0.3) is 0 Å². The standard InChI is InChI=1S/C14H20N2O3/c1-10(2)19-12-11(5-4-6-15-12)7-16-13(17)14(3)8-18-9-14/h4-6,10H,7-9H2,1-3H3,(H,16,17). The second kappa shape index (κ2) is 5.57. The molecule has 0 saturated carbocycles. The van der Waals surface area contributed by atoms with Gasteiger partial charge in [0, 0.05) is 18.3 Å². The van der Waals surface area contributed by atoms with Crippen molar-refractivity contribution < 1.29 is 14.3 Å². The van der Waals surface area contributed by atoms with Gasteiger partial charge in [-0.2, -0.15) is 0 Å². The smallest absolute Gasteiger partial charge is 0.230 e. The van der Waals surface area contributed by atoms with E-state index in [0.717, 1.165) is 5.56 Å². The van der Waals surface area contributed by atoms with E-state index in [-0.39, 0.29) is 17.4 Å². The number of hydrogen-bond donors (Lipinski definition) is 1. The van der Waals surface area contributed by atoms with E-state index in [1.54, 1.807) is 6.20 Å². The Balaban J connectivity index is 1.97. The molecular formula is C14H20N2O3. The van der Waals surface area contributed by atoms with Crippen LogP contribution in [0.15, 0.2) is 18.3 Å². The Morgan fingerprint density at radius 2 is 2.32 bits per heavy atom. The van der Waals surface area contributed by atoms with Crippen molar-refractivity contribution in [2.24, 2.45) is 5.41 Å². The van der Waals surface area contributed by atoms with Crippen LogP contribution in [0.1, 0.15) is 26.3 Å². The molecule has 0 atom stereocenters. The Bertz CT molecular complexity index is 456. The Labute approximate surface area is 113 Å². The van der Waals surface area contributed by atoms with E-state index in [1.165, 1.54) is 0 Å². The molecule has 1 aromatic heterocycles. The van der Waals surface area contributed by atoms with Crippen LogP contribution in [0, 0.1) is 5.41 Å². The van der Waals surface area contributed by atoms with Gasteiger partial charge in [0.05, 0.1) is 24.7 Å². The van der Waals surface area contributed by atoms with E-state index in [2.05, 4.69) is 10.3 Å². The van der Waals surface area contributed by atoms with Gasteiger partial charge in [0.15, 0.2) is 0 Å². The molecule has 1 saturated heterocycles. The molecule has 1 amide bonds. The third kappa shape index (κ3) is 3.23. The summed E-state index contributed by atoms with van der Waals surface area (Å²) in [5.41, 5.74) is 0.495. The Morgan fingerprint density at radius 3 is 2.89 bits per heavy atom. The predicted molar refractivity (Wildman–Crippen MR) is 70.8 cm³/mol. The molecule has 2 heterocycles. The fourth-order valence-corrected chi connectivity index (χ4v) is 1.82. The van der Waals surface area contributed by atoms with Crippen LogP contribution in [0.2, 0.25) is 0 Å². The first-order chi connectivity index (χ1) is 9.01. The van der Waals surface area contributed by atoms with E-state index < -0.39 is 0 Å². The highest BCUT2D eigenvalue weighted by atomic mass is 16.5. The first kappa shape index (κ1) is 13.8. The molecule has 0 bridgehead atoms.